The summed E-state index contributed by atoms with van der Waals surface area (Å²) < 4.78 is 0. The van der Waals surface area contributed by atoms with E-state index < -0.39 is 0 Å². The van der Waals surface area contributed by atoms with E-state index in [1.165, 1.54) is 4.90 Å². The number of piperazine rings is 1. The second-order valence-electron chi connectivity index (χ2n) is 8.90. The zero-order valence-corrected chi connectivity index (χ0v) is 20.1. The second-order valence-corrected chi connectivity index (χ2v) is 8.90. The van der Waals surface area contributed by atoms with E-state index in [9.17, 15) is 14.4 Å². The van der Waals surface area contributed by atoms with Gasteiger partial charge in [-0.15, -0.1) is 10.2 Å². The molecule has 3 aromatic rings. The molecule has 36 heavy (non-hydrogen) atoms. The first kappa shape index (κ1) is 23.4. The molecule has 0 bridgehead atoms. The molecule has 0 atom stereocenters. The van der Waals surface area contributed by atoms with E-state index in [1.54, 1.807) is 30.5 Å². The zero-order valence-electron chi connectivity index (χ0n) is 20.1. The summed E-state index contributed by atoms with van der Waals surface area (Å²) in [4.78, 5) is 47.1. The standard InChI is InChI=1S/C26H27N7O3/c1-18-10-11-27-22(17-18)28-21-8-9-23(30-29-21)31-13-15-32(16-14-31)24(34)7-4-12-33-25(35)19-5-2-3-6-20(19)26(33)36/h2-3,5-6,8-11,17H,4,7,12-16H2,1H3,(H,27,28,29). The summed E-state index contributed by atoms with van der Waals surface area (Å²) in [6.07, 6.45) is 2.48. The van der Waals surface area contributed by atoms with Crippen molar-refractivity contribution in [2.45, 2.75) is 19.8 Å². The number of nitrogens with zero attached hydrogens (tertiary/aromatic N) is 6. The summed E-state index contributed by atoms with van der Waals surface area (Å²) in [7, 11) is 0. The van der Waals surface area contributed by atoms with Gasteiger partial charge in [-0.05, 0) is 55.3 Å². The molecule has 2 aromatic heterocycles. The van der Waals surface area contributed by atoms with Crippen LogP contribution >= 0.6 is 0 Å². The SMILES string of the molecule is Cc1ccnc(Nc2ccc(N3CCN(C(=O)CCCN4C(=O)c5ccccc5C4=O)CC3)nn2)c1. The van der Waals surface area contributed by atoms with E-state index in [-0.39, 0.29) is 24.3 Å². The van der Waals surface area contributed by atoms with Gasteiger partial charge in [0.25, 0.3) is 11.8 Å². The topological polar surface area (TPSA) is 112 Å². The maximum absolute atomic E-state index is 12.7. The third-order valence-electron chi connectivity index (χ3n) is 6.43. The Labute approximate surface area is 208 Å². The molecule has 0 aliphatic carbocycles. The van der Waals surface area contributed by atoms with E-state index in [2.05, 4.69) is 25.4 Å². The van der Waals surface area contributed by atoms with Crippen LogP contribution in [0.25, 0.3) is 0 Å². The summed E-state index contributed by atoms with van der Waals surface area (Å²) in [6.45, 7) is 4.73. The smallest absolute Gasteiger partial charge is 0.261 e. The molecule has 1 aromatic carbocycles. The van der Waals surface area contributed by atoms with Gasteiger partial charge in [-0.3, -0.25) is 19.3 Å². The molecule has 3 amide bonds. The molecule has 4 heterocycles. The molecule has 1 fully saturated rings. The molecule has 0 saturated carbocycles. The lowest BCUT2D eigenvalue weighted by Gasteiger charge is -2.35. The van der Waals surface area contributed by atoms with Crippen LogP contribution in [0.4, 0.5) is 17.5 Å². The molecule has 0 unspecified atom stereocenters. The van der Waals surface area contributed by atoms with Crippen molar-refractivity contribution >= 4 is 35.2 Å². The van der Waals surface area contributed by atoms with Gasteiger partial charge in [0.2, 0.25) is 5.91 Å². The third-order valence-corrected chi connectivity index (χ3v) is 6.43. The molecule has 0 spiro atoms. The molecule has 2 aliphatic rings. The summed E-state index contributed by atoms with van der Waals surface area (Å²) in [5.74, 6) is 1.55. The number of aromatic nitrogens is 3. The molecule has 2 aliphatic heterocycles. The molecule has 1 saturated heterocycles. The first-order chi connectivity index (χ1) is 17.5. The van der Waals surface area contributed by atoms with E-state index in [4.69, 9.17) is 0 Å². The van der Waals surface area contributed by atoms with Crippen LogP contribution in [0, 0.1) is 6.92 Å². The minimum atomic E-state index is -0.283. The van der Waals surface area contributed by atoms with Crippen molar-refractivity contribution in [2.75, 3.05) is 42.9 Å². The molecule has 1 N–H and O–H groups in total. The summed E-state index contributed by atoms with van der Waals surface area (Å²) in [5, 5.41) is 11.7. The lowest BCUT2D eigenvalue weighted by molar-refractivity contribution is -0.131. The first-order valence-corrected chi connectivity index (χ1v) is 12.0. The molecular weight excluding hydrogens is 458 g/mol. The van der Waals surface area contributed by atoms with Gasteiger partial charge in [0.15, 0.2) is 11.6 Å². The minimum absolute atomic E-state index is 0.0301. The van der Waals surface area contributed by atoms with Crippen molar-refractivity contribution in [3.8, 4) is 0 Å². The molecule has 10 nitrogen and oxygen atoms in total. The number of hydrogen-bond acceptors (Lipinski definition) is 8. The fourth-order valence-electron chi connectivity index (χ4n) is 4.47. The first-order valence-electron chi connectivity index (χ1n) is 12.0. The van der Waals surface area contributed by atoms with Gasteiger partial charge in [-0.25, -0.2) is 4.98 Å². The van der Waals surface area contributed by atoms with Crippen LogP contribution < -0.4 is 10.2 Å². The molecule has 184 valence electrons. The van der Waals surface area contributed by atoms with Crippen LogP contribution in [-0.2, 0) is 4.79 Å². The van der Waals surface area contributed by atoms with Crippen molar-refractivity contribution in [2.24, 2.45) is 0 Å². The number of anilines is 3. The van der Waals surface area contributed by atoms with Crippen molar-refractivity contribution in [3.63, 3.8) is 0 Å². The van der Waals surface area contributed by atoms with Gasteiger partial charge in [0.05, 0.1) is 11.1 Å². The second kappa shape index (κ2) is 10.1. The van der Waals surface area contributed by atoms with Crippen molar-refractivity contribution in [1.29, 1.82) is 0 Å². The van der Waals surface area contributed by atoms with Gasteiger partial charge in [0, 0.05) is 45.3 Å². The number of rotatable bonds is 7. The summed E-state index contributed by atoms with van der Waals surface area (Å²) in [6, 6.07) is 14.5. The summed E-state index contributed by atoms with van der Waals surface area (Å²) >= 11 is 0. The van der Waals surface area contributed by atoms with Crippen LogP contribution in [0.2, 0.25) is 0 Å². The Balaban J connectivity index is 1.07. The molecular formula is C26H27N7O3. The Morgan fingerprint density at radius 1 is 0.917 bits per heavy atom. The Morgan fingerprint density at radius 2 is 1.64 bits per heavy atom. The Morgan fingerprint density at radius 3 is 2.28 bits per heavy atom. The molecule has 10 heteroatoms. The average Bonchev–Trinajstić information content (AvgIpc) is 3.14. The number of nitrogens with one attached hydrogen (secondary N) is 1. The third kappa shape index (κ3) is 4.88. The number of imide groups is 1. The van der Waals surface area contributed by atoms with E-state index in [0.717, 1.165) is 11.4 Å². The highest BCUT2D eigenvalue weighted by Crippen LogP contribution is 2.23. The fraction of sp³-hybridized carbons (Fsp3) is 0.308. The van der Waals surface area contributed by atoms with Gasteiger partial charge >= 0.3 is 0 Å². The average molecular weight is 486 g/mol. The van der Waals surface area contributed by atoms with Gasteiger partial charge < -0.3 is 15.1 Å². The van der Waals surface area contributed by atoms with Crippen LogP contribution in [0.15, 0.2) is 54.7 Å². The lowest BCUT2D eigenvalue weighted by atomic mass is 10.1. The number of benzene rings is 1. The predicted molar refractivity (Wildman–Crippen MR) is 134 cm³/mol. The number of amides is 3. The van der Waals surface area contributed by atoms with E-state index >= 15 is 0 Å². The Bertz CT molecular complexity index is 1250. The fourth-order valence-corrected chi connectivity index (χ4v) is 4.47. The Kier molecular flexibility index (Phi) is 6.57. The number of fused-ring (bicyclic) bond motifs is 1. The van der Waals surface area contributed by atoms with Gasteiger partial charge in [-0.1, -0.05) is 12.1 Å². The van der Waals surface area contributed by atoms with Crippen LogP contribution in [-0.4, -0.2) is 75.4 Å². The van der Waals surface area contributed by atoms with E-state index in [1.807, 2.05) is 36.1 Å². The highest BCUT2D eigenvalue weighted by Gasteiger charge is 2.34. The van der Waals surface area contributed by atoms with Crippen LogP contribution in [0.3, 0.4) is 0 Å². The van der Waals surface area contributed by atoms with Crippen molar-refractivity contribution in [1.82, 2.24) is 25.0 Å². The number of carbonyl (C=O) groups excluding carboxylic acids is 3. The zero-order chi connectivity index (χ0) is 25.1. The number of hydrogen-bond donors (Lipinski definition) is 1. The minimum Gasteiger partial charge on any atom is -0.352 e. The largest absolute Gasteiger partial charge is 0.352 e. The quantitative estimate of drug-likeness (QED) is 0.509. The molecule has 5 rings (SSSR count). The number of aryl methyl sites for hydroxylation is 1. The van der Waals surface area contributed by atoms with E-state index in [0.29, 0.717) is 61.8 Å². The summed E-state index contributed by atoms with van der Waals surface area (Å²) in [5.41, 5.74) is 1.97. The predicted octanol–water partition coefficient (Wildman–Crippen LogP) is 2.65. The monoisotopic (exact) mass is 485 g/mol. The highest BCUT2D eigenvalue weighted by molar-refractivity contribution is 6.21. The van der Waals surface area contributed by atoms with Crippen LogP contribution in [0.1, 0.15) is 39.1 Å². The van der Waals surface area contributed by atoms with Crippen molar-refractivity contribution in [3.05, 3.63) is 71.4 Å². The number of carbonyl (C=O) groups is 3. The maximum atomic E-state index is 12.7. The molecule has 0 radical (unpaired) electrons. The highest BCUT2D eigenvalue weighted by atomic mass is 16.2. The maximum Gasteiger partial charge on any atom is 0.261 e. The van der Waals surface area contributed by atoms with Gasteiger partial charge in [-0.2, -0.15) is 0 Å². The van der Waals surface area contributed by atoms with Crippen LogP contribution in [0.5, 0.6) is 0 Å². The normalized spacial score (nSPS) is 15.3. The Hall–Kier alpha value is -4.34. The van der Waals surface area contributed by atoms with Gasteiger partial charge in [0.1, 0.15) is 5.82 Å². The van der Waals surface area contributed by atoms with Crippen molar-refractivity contribution < 1.29 is 14.4 Å². The number of pyridine rings is 1. The lowest BCUT2D eigenvalue weighted by Crippen LogP contribution is -2.49.